The second-order valence-corrected chi connectivity index (χ2v) is 5.11. The van der Waals surface area contributed by atoms with Gasteiger partial charge in [0.25, 0.3) is 0 Å². The van der Waals surface area contributed by atoms with Crippen molar-refractivity contribution in [2.45, 2.75) is 44.2 Å². The summed E-state index contributed by atoms with van der Waals surface area (Å²) in [7, 11) is 0. The van der Waals surface area contributed by atoms with Gasteiger partial charge in [0.05, 0.1) is 23.8 Å². The molecule has 0 saturated heterocycles. The highest BCUT2D eigenvalue weighted by atomic mass is 16.3. The molecule has 0 amide bonds. The Balaban J connectivity index is 2.14. The number of aliphatic hydroxyl groups is 1. The van der Waals surface area contributed by atoms with E-state index in [2.05, 4.69) is 6.07 Å². The lowest BCUT2D eigenvalue weighted by Crippen LogP contribution is -2.34. The second kappa shape index (κ2) is 5.99. The zero-order valence-electron chi connectivity index (χ0n) is 10.5. The molecule has 1 saturated carbocycles. The van der Waals surface area contributed by atoms with Gasteiger partial charge in [0, 0.05) is 0 Å². The number of rotatable bonds is 3. The van der Waals surface area contributed by atoms with Crippen molar-refractivity contribution in [3.05, 3.63) is 35.4 Å². The van der Waals surface area contributed by atoms with Gasteiger partial charge in [-0.2, -0.15) is 5.26 Å². The molecule has 0 unspecified atom stereocenters. The van der Waals surface area contributed by atoms with E-state index in [1.54, 1.807) is 6.07 Å². The van der Waals surface area contributed by atoms with Gasteiger partial charge in [-0.15, -0.1) is 0 Å². The van der Waals surface area contributed by atoms with Crippen LogP contribution in [0.5, 0.6) is 0 Å². The molecule has 0 aromatic heterocycles. The van der Waals surface area contributed by atoms with Crippen LogP contribution in [0.4, 0.5) is 0 Å². The van der Waals surface area contributed by atoms with Crippen LogP contribution in [0.15, 0.2) is 24.3 Å². The molecule has 1 aliphatic rings. The molecule has 0 aliphatic heterocycles. The molecule has 0 radical (unpaired) electrons. The van der Waals surface area contributed by atoms with Crippen LogP contribution in [0.3, 0.4) is 0 Å². The van der Waals surface area contributed by atoms with Crippen LogP contribution in [0.1, 0.15) is 49.3 Å². The van der Waals surface area contributed by atoms with Crippen LogP contribution in [0, 0.1) is 17.2 Å². The zero-order valence-corrected chi connectivity index (χ0v) is 10.5. The number of aliphatic hydroxyl groups excluding tert-OH is 1. The number of hydrogen-bond donors (Lipinski definition) is 2. The van der Waals surface area contributed by atoms with Crippen LogP contribution >= 0.6 is 0 Å². The lowest BCUT2D eigenvalue weighted by Gasteiger charge is -2.30. The molecular formula is C15H20N2O. The SMILES string of the molecule is N#Cc1ccccc1[C@@H](N)[C@@H](O)C1CCCCC1. The molecule has 2 rings (SSSR count). The van der Waals surface area contributed by atoms with Gasteiger partial charge in [0.15, 0.2) is 0 Å². The summed E-state index contributed by atoms with van der Waals surface area (Å²) in [5.41, 5.74) is 7.48. The number of nitriles is 1. The van der Waals surface area contributed by atoms with E-state index >= 15 is 0 Å². The quantitative estimate of drug-likeness (QED) is 0.858. The van der Waals surface area contributed by atoms with Crippen LogP contribution in [0.25, 0.3) is 0 Å². The Morgan fingerprint density at radius 2 is 1.89 bits per heavy atom. The third kappa shape index (κ3) is 2.72. The van der Waals surface area contributed by atoms with E-state index < -0.39 is 12.1 Å². The average Bonchev–Trinajstić information content (AvgIpc) is 2.46. The summed E-state index contributed by atoms with van der Waals surface area (Å²) in [5, 5.41) is 19.5. The summed E-state index contributed by atoms with van der Waals surface area (Å²) in [6.07, 6.45) is 5.16. The fraction of sp³-hybridized carbons (Fsp3) is 0.533. The minimum Gasteiger partial charge on any atom is -0.391 e. The Morgan fingerprint density at radius 3 is 2.56 bits per heavy atom. The van der Waals surface area contributed by atoms with Crippen molar-refractivity contribution < 1.29 is 5.11 Å². The summed E-state index contributed by atoms with van der Waals surface area (Å²) in [6.45, 7) is 0. The van der Waals surface area contributed by atoms with Gasteiger partial charge in [-0.05, 0) is 30.4 Å². The first-order valence-electron chi connectivity index (χ1n) is 6.66. The van der Waals surface area contributed by atoms with Crippen LogP contribution in [0.2, 0.25) is 0 Å². The maximum Gasteiger partial charge on any atom is 0.0995 e. The third-order valence-electron chi connectivity index (χ3n) is 3.94. The molecule has 0 bridgehead atoms. The monoisotopic (exact) mass is 244 g/mol. The van der Waals surface area contributed by atoms with Gasteiger partial charge in [0.2, 0.25) is 0 Å². The molecule has 1 aliphatic carbocycles. The van der Waals surface area contributed by atoms with Crippen molar-refractivity contribution in [3.63, 3.8) is 0 Å². The van der Waals surface area contributed by atoms with Crippen molar-refractivity contribution in [3.8, 4) is 6.07 Å². The van der Waals surface area contributed by atoms with Gasteiger partial charge in [-0.1, -0.05) is 37.5 Å². The van der Waals surface area contributed by atoms with Crippen LogP contribution in [-0.2, 0) is 0 Å². The summed E-state index contributed by atoms with van der Waals surface area (Å²) < 4.78 is 0. The second-order valence-electron chi connectivity index (χ2n) is 5.11. The highest BCUT2D eigenvalue weighted by Crippen LogP contribution is 2.32. The molecule has 1 aromatic rings. The van der Waals surface area contributed by atoms with Crippen molar-refractivity contribution in [1.82, 2.24) is 0 Å². The third-order valence-corrected chi connectivity index (χ3v) is 3.94. The standard InChI is InChI=1S/C15H20N2O/c16-10-12-8-4-5-9-13(12)14(17)15(18)11-6-2-1-3-7-11/h4-5,8-9,11,14-15,18H,1-3,6-7,17H2/t14-,15+/m1/s1. The van der Waals surface area contributed by atoms with Gasteiger partial charge >= 0.3 is 0 Å². The van der Waals surface area contributed by atoms with Crippen molar-refractivity contribution in [2.75, 3.05) is 0 Å². The smallest absolute Gasteiger partial charge is 0.0995 e. The Morgan fingerprint density at radius 1 is 1.22 bits per heavy atom. The number of benzene rings is 1. The molecule has 96 valence electrons. The normalized spacial score (nSPS) is 20.1. The van der Waals surface area contributed by atoms with Gasteiger partial charge in [-0.25, -0.2) is 0 Å². The fourth-order valence-electron chi connectivity index (χ4n) is 2.84. The Bertz CT molecular complexity index is 432. The van der Waals surface area contributed by atoms with Gasteiger partial charge < -0.3 is 10.8 Å². The molecule has 3 N–H and O–H groups in total. The molecule has 1 aromatic carbocycles. The first-order chi connectivity index (χ1) is 8.74. The van der Waals surface area contributed by atoms with E-state index in [0.717, 1.165) is 18.4 Å². The topological polar surface area (TPSA) is 70.0 Å². The lowest BCUT2D eigenvalue weighted by atomic mass is 9.81. The number of nitrogens with zero attached hydrogens (tertiary/aromatic N) is 1. The minimum atomic E-state index is -0.542. The Hall–Kier alpha value is -1.37. The van der Waals surface area contributed by atoms with E-state index in [4.69, 9.17) is 11.0 Å². The number of hydrogen-bond acceptors (Lipinski definition) is 3. The van der Waals surface area contributed by atoms with E-state index in [9.17, 15) is 5.11 Å². The summed E-state index contributed by atoms with van der Waals surface area (Å²) in [4.78, 5) is 0. The van der Waals surface area contributed by atoms with Crippen molar-refractivity contribution in [1.29, 1.82) is 5.26 Å². The summed E-state index contributed by atoms with van der Waals surface area (Å²) in [6, 6.07) is 8.97. The highest BCUT2D eigenvalue weighted by molar-refractivity contribution is 5.39. The van der Waals surface area contributed by atoms with Crippen LogP contribution < -0.4 is 5.73 Å². The van der Waals surface area contributed by atoms with Gasteiger partial charge in [-0.3, -0.25) is 0 Å². The highest BCUT2D eigenvalue weighted by Gasteiger charge is 2.28. The largest absolute Gasteiger partial charge is 0.391 e. The van der Waals surface area contributed by atoms with Gasteiger partial charge in [0.1, 0.15) is 0 Å². The van der Waals surface area contributed by atoms with E-state index in [0.29, 0.717) is 5.56 Å². The minimum absolute atomic E-state index is 0.278. The molecular weight excluding hydrogens is 224 g/mol. The molecule has 0 heterocycles. The summed E-state index contributed by atoms with van der Waals surface area (Å²) in [5.74, 6) is 0.278. The van der Waals surface area contributed by atoms with Crippen molar-refractivity contribution in [2.24, 2.45) is 11.7 Å². The van der Waals surface area contributed by atoms with E-state index in [1.165, 1.54) is 19.3 Å². The molecule has 3 nitrogen and oxygen atoms in total. The molecule has 1 fully saturated rings. The number of nitrogens with two attached hydrogens (primary N) is 1. The molecule has 2 atom stereocenters. The Kier molecular flexibility index (Phi) is 4.35. The van der Waals surface area contributed by atoms with Crippen molar-refractivity contribution >= 4 is 0 Å². The molecule has 18 heavy (non-hydrogen) atoms. The first kappa shape index (κ1) is 13.1. The Labute approximate surface area is 108 Å². The lowest BCUT2D eigenvalue weighted by molar-refractivity contribution is 0.0617. The molecule has 3 heteroatoms. The maximum absolute atomic E-state index is 10.4. The molecule has 0 spiro atoms. The van der Waals surface area contributed by atoms with E-state index in [-0.39, 0.29) is 5.92 Å². The predicted molar refractivity (Wildman–Crippen MR) is 70.7 cm³/mol. The maximum atomic E-state index is 10.4. The van der Waals surface area contributed by atoms with E-state index in [1.807, 2.05) is 18.2 Å². The first-order valence-corrected chi connectivity index (χ1v) is 6.66. The summed E-state index contributed by atoms with van der Waals surface area (Å²) >= 11 is 0. The fourth-order valence-corrected chi connectivity index (χ4v) is 2.84. The van der Waals surface area contributed by atoms with Crippen LogP contribution in [-0.4, -0.2) is 11.2 Å². The predicted octanol–water partition coefficient (Wildman–Crippen LogP) is 2.50. The average molecular weight is 244 g/mol. The zero-order chi connectivity index (χ0) is 13.0.